The Balaban J connectivity index is 3.05. The Hall–Kier alpha value is -3.91. The van der Waals surface area contributed by atoms with E-state index in [2.05, 4.69) is 31.6 Å². The Labute approximate surface area is 221 Å². The molecule has 1 aliphatic rings. The molecule has 15 heteroatoms. The molecular weight excluding hydrogens is 500 g/mol. The molecule has 38 heavy (non-hydrogen) atoms. The largest absolute Gasteiger partial charge is 0.481 e. The van der Waals surface area contributed by atoms with Crippen LogP contribution in [0.3, 0.4) is 0 Å². The molecule has 2 unspecified atom stereocenters. The highest BCUT2D eigenvalue weighted by Crippen LogP contribution is 2.06. The molecule has 214 valence electrons. The average molecular weight is 541 g/mol. The third-order valence-electron chi connectivity index (χ3n) is 5.68. The Morgan fingerprint density at radius 1 is 0.921 bits per heavy atom. The van der Waals surface area contributed by atoms with Crippen molar-refractivity contribution < 1.29 is 33.9 Å². The summed E-state index contributed by atoms with van der Waals surface area (Å²) in [5.41, 5.74) is 10.6. The second-order valence-electron chi connectivity index (χ2n) is 9.34. The lowest BCUT2D eigenvalue weighted by molar-refractivity contribution is -0.141. The number of hydrogen-bond donors (Lipinski definition) is 8. The average Bonchev–Trinajstić information content (AvgIpc) is 2.83. The molecule has 1 saturated heterocycles. The van der Waals surface area contributed by atoms with E-state index in [0.717, 1.165) is 0 Å². The molecule has 1 heterocycles. The van der Waals surface area contributed by atoms with Gasteiger partial charge in [-0.3, -0.25) is 33.8 Å². The summed E-state index contributed by atoms with van der Waals surface area (Å²) < 4.78 is 0. The van der Waals surface area contributed by atoms with Crippen LogP contribution in [0.25, 0.3) is 0 Å². The summed E-state index contributed by atoms with van der Waals surface area (Å²) in [5.74, 6) is -4.87. The molecule has 3 atom stereocenters. The number of amides is 5. The van der Waals surface area contributed by atoms with Crippen molar-refractivity contribution in [1.29, 1.82) is 0 Å². The first-order valence-electron chi connectivity index (χ1n) is 12.6. The van der Waals surface area contributed by atoms with Crippen LogP contribution < -0.4 is 38.1 Å². The third-order valence-corrected chi connectivity index (χ3v) is 5.68. The van der Waals surface area contributed by atoms with E-state index in [4.69, 9.17) is 11.5 Å². The van der Waals surface area contributed by atoms with Gasteiger partial charge in [-0.15, -0.1) is 0 Å². The van der Waals surface area contributed by atoms with Crippen LogP contribution in [0.1, 0.15) is 58.8 Å². The van der Waals surface area contributed by atoms with Crippen molar-refractivity contribution >= 4 is 41.5 Å². The van der Waals surface area contributed by atoms with Crippen LogP contribution in [0.15, 0.2) is 4.99 Å². The topological polar surface area (TPSA) is 247 Å². The van der Waals surface area contributed by atoms with Crippen molar-refractivity contribution in [3.05, 3.63) is 0 Å². The highest BCUT2D eigenvalue weighted by Gasteiger charge is 2.30. The minimum Gasteiger partial charge on any atom is -0.481 e. The van der Waals surface area contributed by atoms with Gasteiger partial charge in [0.1, 0.15) is 18.1 Å². The molecule has 0 aromatic rings. The lowest BCUT2D eigenvalue weighted by Gasteiger charge is -2.25. The van der Waals surface area contributed by atoms with Crippen molar-refractivity contribution in [2.24, 2.45) is 22.4 Å². The maximum atomic E-state index is 12.8. The van der Waals surface area contributed by atoms with E-state index in [1.165, 1.54) is 0 Å². The smallest absolute Gasteiger partial charge is 0.305 e. The minimum atomic E-state index is -1.48. The van der Waals surface area contributed by atoms with Crippen molar-refractivity contribution in [3.8, 4) is 0 Å². The van der Waals surface area contributed by atoms with Crippen LogP contribution in [0, 0.1) is 5.92 Å². The van der Waals surface area contributed by atoms with Crippen LogP contribution in [0.4, 0.5) is 0 Å². The van der Waals surface area contributed by atoms with Gasteiger partial charge in [0.2, 0.25) is 29.5 Å². The first kappa shape index (κ1) is 32.1. The number of nitrogens with zero attached hydrogens (tertiary/aromatic N) is 1. The SMILES string of the molecule is CC(C)C1NC(=O)C(CC(=O)O)NC(=O)CNC(=O)[C@H](CCCN=C(N)N)NC(=O)CCCCCNC1=O. The number of carboxylic acid groups (broad SMARTS) is 1. The van der Waals surface area contributed by atoms with Crippen LogP contribution in [0.5, 0.6) is 0 Å². The normalized spacial score (nSPS) is 22.9. The highest BCUT2D eigenvalue weighted by molar-refractivity contribution is 5.95. The van der Waals surface area contributed by atoms with Gasteiger partial charge in [0, 0.05) is 19.5 Å². The number of nitrogens with two attached hydrogens (primary N) is 2. The van der Waals surface area contributed by atoms with E-state index in [0.29, 0.717) is 32.2 Å². The summed E-state index contributed by atoms with van der Waals surface area (Å²) in [4.78, 5) is 78.2. The standard InChI is InChI=1S/C23H40N8O7/c1-13(2)19-22(38)26-9-5-3-4-8-16(32)29-14(7-6-10-27-23(24)25)20(36)28-12-17(33)30-15(11-18(34)35)21(37)31-19/h13-15,19H,3-12H2,1-2H3,(H,26,38)(H,28,36)(H,29,32)(H,30,33)(H,31,37)(H,34,35)(H4,24,25,27)/t14-,15?,19?/m0/s1. The molecule has 0 aromatic heterocycles. The second kappa shape index (κ2) is 16.8. The number of aliphatic carboxylic acids is 1. The van der Waals surface area contributed by atoms with Gasteiger partial charge in [-0.05, 0) is 31.6 Å². The van der Waals surface area contributed by atoms with Gasteiger partial charge in [0.15, 0.2) is 5.96 Å². The summed E-state index contributed by atoms with van der Waals surface area (Å²) in [6.45, 7) is 3.40. The molecule has 1 fully saturated rings. The van der Waals surface area contributed by atoms with Gasteiger partial charge >= 0.3 is 5.97 Å². The second-order valence-corrected chi connectivity index (χ2v) is 9.34. The molecular formula is C23H40N8O7. The zero-order chi connectivity index (χ0) is 28.7. The zero-order valence-corrected chi connectivity index (χ0v) is 21.9. The van der Waals surface area contributed by atoms with Crippen LogP contribution in [-0.4, -0.2) is 84.3 Å². The molecule has 1 aliphatic heterocycles. The molecule has 0 aliphatic carbocycles. The van der Waals surface area contributed by atoms with E-state index in [9.17, 15) is 33.9 Å². The Morgan fingerprint density at radius 2 is 1.61 bits per heavy atom. The summed E-state index contributed by atoms with van der Waals surface area (Å²) in [5, 5.41) is 21.8. The molecule has 1 rings (SSSR count). The summed E-state index contributed by atoms with van der Waals surface area (Å²) in [6.07, 6.45) is 1.73. The maximum absolute atomic E-state index is 12.8. The highest BCUT2D eigenvalue weighted by atomic mass is 16.4. The monoisotopic (exact) mass is 540 g/mol. The number of rotatable bonds is 7. The number of nitrogens with one attached hydrogen (secondary N) is 5. The molecule has 15 nitrogen and oxygen atoms in total. The molecule has 0 radical (unpaired) electrons. The molecule has 10 N–H and O–H groups in total. The van der Waals surface area contributed by atoms with Gasteiger partial charge in [-0.2, -0.15) is 0 Å². The van der Waals surface area contributed by atoms with E-state index in [1.54, 1.807) is 13.8 Å². The first-order chi connectivity index (χ1) is 17.9. The number of carboxylic acids is 1. The molecule has 0 bridgehead atoms. The summed E-state index contributed by atoms with van der Waals surface area (Å²) in [6, 6.07) is -3.40. The van der Waals surface area contributed by atoms with Crippen LogP contribution in [0.2, 0.25) is 0 Å². The predicted octanol–water partition coefficient (Wildman–Crippen LogP) is -2.57. The van der Waals surface area contributed by atoms with Gasteiger partial charge in [0.25, 0.3) is 0 Å². The van der Waals surface area contributed by atoms with E-state index in [1.807, 2.05) is 0 Å². The lowest BCUT2D eigenvalue weighted by atomic mass is 10.0. The predicted molar refractivity (Wildman–Crippen MR) is 137 cm³/mol. The van der Waals surface area contributed by atoms with E-state index < -0.39 is 60.7 Å². The molecule has 0 saturated carbocycles. The lowest BCUT2D eigenvalue weighted by Crippen LogP contribution is -2.57. The number of hydrogen-bond acceptors (Lipinski definition) is 7. The first-order valence-corrected chi connectivity index (χ1v) is 12.6. The number of guanidine groups is 1. The minimum absolute atomic E-state index is 0.105. The quantitative estimate of drug-likeness (QED) is 0.0958. The maximum Gasteiger partial charge on any atom is 0.305 e. The number of carbonyl (C=O) groups is 6. The summed E-state index contributed by atoms with van der Waals surface area (Å²) >= 11 is 0. The van der Waals surface area contributed by atoms with Crippen molar-refractivity contribution in [3.63, 3.8) is 0 Å². The van der Waals surface area contributed by atoms with Crippen molar-refractivity contribution in [1.82, 2.24) is 26.6 Å². The van der Waals surface area contributed by atoms with Crippen molar-refractivity contribution in [2.45, 2.75) is 76.9 Å². The van der Waals surface area contributed by atoms with Gasteiger partial charge < -0.3 is 43.2 Å². The van der Waals surface area contributed by atoms with Gasteiger partial charge in [-0.1, -0.05) is 20.3 Å². The van der Waals surface area contributed by atoms with Gasteiger partial charge in [0.05, 0.1) is 13.0 Å². The number of carbonyl (C=O) groups excluding carboxylic acids is 5. The Morgan fingerprint density at radius 3 is 2.24 bits per heavy atom. The zero-order valence-electron chi connectivity index (χ0n) is 21.9. The fourth-order valence-corrected chi connectivity index (χ4v) is 3.66. The van der Waals surface area contributed by atoms with Crippen molar-refractivity contribution in [2.75, 3.05) is 19.6 Å². The molecule has 5 amide bonds. The van der Waals surface area contributed by atoms with Crippen LogP contribution >= 0.6 is 0 Å². The third kappa shape index (κ3) is 12.9. The Kier molecular flexibility index (Phi) is 14.2. The van der Waals surface area contributed by atoms with E-state index in [-0.39, 0.29) is 37.2 Å². The molecule has 0 aromatic carbocycles. The van der Waals surface area contributed by atoms with E-state index >= 15 is 0 Å². The van der Waals surface area contributed by atoms with Gasteiger partial charge in [-0.25, -0.2) is 0 Å². The summed E-state index contributed by atoms with van der Waals surface area (Å²) in [7, 11) is 0. The molecule has 0 spiro atoms. The van der Waals surface area contributed by atoms with Crippen LogP contribution in [-0.2, 0) is 28.8 Å². The number of aliphatic imine (C=N–C) groups is 1. The Bertz CT molecular complexity index is 889. The fraction of sp³-hybridized carbons (Fsp3) is 0.696. The fourth-order valence-electron chi connectivity index (χ4n) is 3.66.